The number of anilines is 2. The molecule has 0 aliphatic heterocycles. The normalized spacial score (nSPS) is 10.9. The maximum atomic E-state index is 5.67. The number of nitrogens with one attached hydrogen (secondary N) is 1. The van der Waals surface area contributed by atoms with Crippen molar-refractivity contribution in [3.05, 3.63) is 17.5 Å². The number of ether oxygens (including phenoxy) is 1. The van der Waals surface area contributed by atoms with Crippen LogP contribution in [-0.4, -0.2) is 30.8 Å². The minimum atomic E-state index is -0.0235. The highest BCUT2D eigenvalue weighted by Gasteiger charge is 2.09. The first-order valence-corrected chi connectivity index (χ1v) is 6.91. The van der Waals surface area contributed by atoms with Gasteiger partial charge >= 0.3 is 6.01 Å². The van der Waals surface area contributed by atoms with Crippen LogP contribution in [0.1, 0.15) is 32.0 Å². The van der Waals surface area contributed by atoms with Gasteiger partial charge in [-0.15, -0.1) is 0 Å². The molecule has 0 atom stereocenters. The van der Waals surface area contributed by atoms with Gasteiger partial charge in [-0.05, 0) is 20.3 Å². The molecule has 0 spiro atoms. The number of aryl methyl sites for hydroxylation is 2. The summed E-state index contributed by atoms with van der Waals surface area (Å²) >= 11 is 0. The summed E-state index contributed by atoms with van der Waals surface area (Å²) in [6.07, 6.45) is 2.82. The van der Waals surface area contributed by atoms with Crippen LogP contribution in [0.3, 0.4) is 0 Å². The summed E-state index contributed by atoms with van der Waals surface area (Å²) in [7, 11) is 1.90. The average Bonchev–Trinajstić information content (AvgIpc) is 2.75. The fourth-order valence-electron chi connectivity index (χ4n) is 1.92. The van der Waals surface area contributed by atoms with Crippen molar-refractivity contribution in [3.63, 3.8) is 0 Å². The quantitative estimate of drug-likeness (QED) is 0.822. The van der Waals surface area contributed by atoms with E-state index >= 15 is 0 Å². The van der Waals surface area contributed by atoms with E-state index in [1.807, 2.05) is 27.1 Å². The number of hydrogen-bond acceptors (Lipinski definition) is 7. The number of aromatic nitrogens is 5. The fraction of sp³-hybridized carbons (Fsp3) is 0.538. The molecule has 0 aliphatic carbocycles. The van der Waals surface area contributed by atoms with Crippen LogP contribution < -0.4 is 15.8 Å². The van der Waals surface area contributed by atoms with Crippen molar-refractivity contribution < 1.29 is 4.74 Å². The Hall–Kier alpha value is -2.38. The maximum absolute atomic E-state index is 5.67. The van der Waals surface area contributed by atoms with Crippen LogP contribution in [0.25, 0.3) is 0 Å². The standard InChI is InChI=1S/C13H21N7O/c1-5-10-9(7-20(4)19-10)6-15-12-16-11(14)17-13(18-12)21-8(2)3/h7-8H,5-6H2,1-4H3,(H3,14,15,16,17,18). The molecule has 0 bridgehead atoms. The van der Waals surface area contributed by atoms with Gasteiger partial charge in [0.25, 0.3) is 0 Å². The number of nitrogens with two attached hydrogens (primary N) is 1. The summed E-state index contributed by atoms with van der Waals surface area (Å²) < 4.78 is 7.23. The van der Waals surface area contributed by atoms with Gasteiger partial charge in [-0.1, -0.05) is 6.92 Å². The van der Waals surface area contributed by atoms with Crippen molar-refractivity contribution in [2.24, 2.45) is 7.05 Å². The monoisotopic (exact) mass is 291 g/mol. The lowest BCUT2D eigenvalue weighted by atomic mass is 10.2. The zero-order valence-electron chi connectivity index (χ0n) is 12.8. The van der Waals surface area contributed by atoms with Gasteiger partial charge in [0.15, 0.2) is 0 Å². The number of nitrogen functional groups attached to an aromatic ring is 1. The third kappa shape index (κ3) is 4.04. The second kappa shape index (κ2) is 6.38. The number of rotatable bonds is 6. The minimum Gasteiger partial charge on any atom is -0.461 e. The topological polar surface area (TPSA) is 104 Å². The van der Waals surface area contributed by atoms with Crippen molar-refractivity contribution in [2.45, 2.75) is 39.8 Å². The predicted molar refractivity (Wildman–Crippen MR) is 79.9 cm³/mol. The molecule has 0 fully saturated rings. The molecule has 0 saturated heterocycles. The summed E-state index contributed by atoms with van der Waals surface area (Å²) in [4.78, 5) is 12.2. The van der Waals surface area contributed by atoms with Crippen LogP contribution in [0.2, 0.25) is 0 Å². The first-order valence-electron chi connectivity index (χ1n) is 6.91. The van der Waals surface area contributed by atoms with E-state index < -0.39 is 0 Å². The molecule has 3 N–H and O–H groups in total. The maximum Gasteiger partial charge on any atom is 0.323 e. The van der Waals surface area contributed by atoms with Crippen molar-refractivity contribution >= 4 is 11.9 Å². The molecule has 8 heteroatoms. The Labute approximate surface area is 123 Å². The molecule has 114 valence electrons. The van der Waals surface area contributed by atoms with Crippen LogP contribution >= 0.6 is 0 Å². The van der Waals surface area contributed by atoms with Gasteiger partial charge in [0.05, 0.1) is 11.8 Å². The van der Waals surface area contributed by atoms with Gasteiger partial charge in [0, 0.05) is 25.4 Å². The zero-order chi connectivity index (χ0) is 15.4. The largest absolute Gasteiger partial charge is 0.461 e. The molecule has 0 aromatic carbocycles. The Morgan fingerprint density at radius 2 is 2.10 bits per heavy atom. The second-order valence-electron chi connectivity index (χ2n) is 4.95. The number of hydrogen-bond donors (Lipinski definition) is 2. The van der Waals surface area contributed by atoms with E-state index in [-0.39, 0.29) is 18.1 Å². The van der Waals surface area contributed by atoms with Gasteiger partial charge in [0.1, 0.15) is 0 Å². The molecule has 2 aromatic rings. The SMILES string of the molecule is CCc1nn(C)cc1CNc1nc(N)nc(OC(C)C)n1. The molecule has 0 amide bonds. The fourth-order valence-corrected chi connectivity index (χ4v) is 1.92. The minimum absolute atomic E-state index is 0.0235. The first kappa shape index (κ1) is 15.0. The molecule has 2 aromatic heterocycles. The summed E-state index contributed by atoms with van der Waals surface area (Å²) in [5.41, 5.74) is 7.81. The molecule has 0 unspecified atom stereocenters. The van der Waals surface area contributed by atoms with E-state index in [9.17, 15) is 0 Å². The highest BCUT2D eigenvalue weighted by Crippen LogP contribution is 2.13. The smallest absolute Gasteiger partial charge is 0.323 e. The molecule has 0 aliphatic rings. The molecular weight excluding hydrogens is 270 g/mol. The first-order chi connectivity index (χ1) is 9.97. The van der Waals surface area contributed by atoms with Crippen LogP contribution in [0, 0.1) is 0 Å². The van der Waals surface area contributed by atoms with Crippen LogP contribution in [0.5, 0.6) is 6.01 Å². The highest BCUT2D eigenvalue weighted by molar-refractivity contribution is 5.34. The van der Waals surface area contributed by atoms with Gasteiger partial charge < -0.3 is 15.8 Å². The Morgan fingerprint density at radius 1 is 1.33 bits per heavy atom. The molecule has 0 radical (unpaired) electrons. The molecular formula is C13H21N7O. The van der Waals surface area contributed by atoms with Crippen LogP contribution in [0.4, 0.5) is 11.9 Å². The highest BCUT2D eigenvalue weighted by atomic mass is 16.5. The molecule has 0 saturated carbocycles. The summed E-state index contributed by atoms with van der Waals surface area (Å²) in [5, 5.41) is 7.52. The summed E-state index contributed by atoms with van der Waals surface area (Å²) in [6, 6.07) is 0.224. The lowest BCUT2D eigenvalue weighted by Crippen LogP contribution is -2.13. The molecule has 2 heterocycles. The third-order valence-corrected chi connectivity index (χ3v) is 2.74. The lowest BCUT2D eigenvalue weighted by molar-refractivity contribution is 0.222. The van der Waals surface area contributed by atoms with Gasteiger partial charge in [-0.3, -0.25) is 4.68 Å². The summed E-state index contributed by atoms with van der Waals surface area (Å²) in [5.74, 6) is 0.522. The van der Waals surface area contributed by atoms with Gasteiger partial charge in [-0.25, -0.2) is 0 Å². The van der Waals surface area contributed by atoms with E-state index in [0.717, 1.165) is 17.7 Å². The van der Waals surface area contributed by atoms with Crippen LogP contribution in [0.15, 0.2) is 6.20 Å². The van der Waals surface area contributed by atoms with Crippen molar-refractivity contribution in [3.8, 4) is 6.01 Å². The molecule has 2 rings (SSSR count). The average molecular weight is 291 g/mol. The van der Waals surface area contributed by atoms with Crippen molar-refractivity contribution in [1.29, 1.82) is 0 Å². The molecule has 21 heavy (non-hydrogen) atoms. The summed E-state index contributed by atoms with van der Waals surface area (Å²) in [6.45, 7) is 6.44. The van der Waals surface area contributed by atoms with Gasteiger partial charge in [0.2, 0.25) is 11.9 Å². The Kier molecular flexibility index (Phi) is 4.56. The lowest BCUT2D eigenvalue weighted by Gasteiger charge is -2.10. The second-order valence-corrected chi connectivity index (χ2v) is 4.95. The predicted octanol–water partition coefficient (Wildman–Crippen LogP) is 1.15. The van der Waals surface area contributed by atoms with E-state index in [1.54, 1.807) is 4.68 Å². The Morgan fingerprint density at radius 3 is 2.76 bits per heavy atom. The van der Waals surface area contributed by atoms with E-state index in [4.69, 9.17) is 10.5 Å². The molecule has 8 nitrogen and oxygen atoms in total. The van der Waals surface area contributed by atoms with E-state index in [1.165, 1.54) is 0 Å². The zero-order valence-corrected chi connectivity index (χ0v) is 12.8. The van der Waals surface area contributed by atoms with Crippen molar-refractivity contribution in [1.82, 2.24) is 24.7 Å². The van der Waals surface area contributed by atoms with Gasteiger partial charge in [-0.2, -0.15) is 20.1 Å². The van der Waals surface area contributed by atoms with E-state index in [0.29, 0.717) is 12.5 Å². The van der Waals surface area contributed by atoms with Crippen molar-refractivity contribution in [2.75, 3.05) is 11.1 Å². The Balaban J connectivity index is 2.10. The van der Waals surface area contributed by atoms with E-state index in [2.05, 4.69) is 32.3 Å². The third-order valence-electron chi connectivity index (χ3n) is 2.74. The Bertz CT molecular complexity index is 609. The number of nitrogens with zero attached hydrogens (tertiary/aromatic N) is 5. The van der Waals surface area contributed by atoms with Crippen LogP contribution in [-0.2, 0) is 20.0 Å².